The molecule has 18 heavy (non-hydrogen) atoms. The molecule has 0 aromatic heterocycles. The van der Waals surface area contributed by atoms with Crippen LogP contribution in [0.2, 0.25) is 0 Å². The minimum absolute atomic E-state index is 0.122. The molecule has 1 aromatic rings. The van der Waals surface area contributed by atoms with Gasteiger partial charge >= 0.3 is 0 Å². The van der Waals surface area contributed by atoms with Gasteiger partial charge in [-0.15, -0.1) is 0 Å². The lowest BCUT2D eigenvalue weighted by molar-refractivity contribution is 0.290. The fraction of sp³-hybridized carbons (Fsp3) is 0.500. The molecule has 0 bridgehead atoms. The molecule has 1 atom stereocenters. The first kappa shape index (κ1) is 14.3. The molecule has 4 heteroatoms. The van der Waals surface area contributed by atoms with Crippen molar-refractivity contribution in [1.29, 1.82) is 5.26 Å². The van der Waals surface area contributed by atoms with E-state index in [1.807, 2.05) is 25.1 Å². The maximum atomic E-state index is 8.44. The maximum Gasteiger partial charge on any atom is 0.161 e. The number of hydrogen-bond acceptors (Lipinski definition) is 4. The van der Waals surface area contributed by atoms with Crippen LogP contribution in [0, 0.1) is 11.3 Å². The number of nitriles is 1. The molecule has 2 N–H and O–H groups in total. The van der Waals surface area contributed by atoms with Crippen LogP contribution in [0.5, 0.6) is 11.5 Å². The molecule has 98 valence electrons. The Morgan fingerprint density at radius 1 is 1.39 bits per heavy atom. The Morgan fingerprint density at radius 2 is 2.17 bits per heavy atom. The van der Waals surface area contributed by atoms with Crippen molar-refractivity contribution in [3.8, 4) is 17.6 Å². The van der Waals surface area contributed by atoms with Crippen molar-refractivity contribution in [2.45, 2.75) is 32.2 Å². The van der Waals surface area contributed by atoms with E-state index >= 15 is 0 Å². The van der Waals surface area contributed by atoms with Crippen LogP contribution >= 0.6 is 0 Å². The van der Waals surface area contributed by atoms with Crippen LogP contribution in [-0.2, 0) is 6.42 Å². The number of unbranched alkanes of at least 4 members (excludes halogenated alkanes) is 1. The van der Waals surface area contributed by atoms with Crippen LogP contribution in [-0.4, -0.2) is 19.8 Å². The van der Waals surface area contributed by atoms with Gasteiger partial charge in [0.1, 0.15) is 0 Å². The van der Waals surface area contributed by atoms with E-state index in [9.17, 15) is 0 Å². The van der Waals surface area contributed by atoms with E-state index in [1.165, 1.54) is 0 Å². The largest absolute Gasteiger partial charge is 0.493 e. The molecular formula is C14H20N2O2. The number of methoxy groups -OCH3 is 1. The predicted molar refractivity (Wildman–Crippen MR) is 70.7 cm³/mol. The average Bonchev–Trinajstić information content (AvgIpc) is 2.35. The van der Waals surface area contributed by atoms with Gasteiger partial charge in [0, 0.05) is 12.5 Å². The molecule has 0 saturated heterocycles. The SMILES string of the molecule is COc1cc(CC(C)N)ccc1OCCCC#N. The standard InChI is InChI=1S/C14H20N2O2/c1-11(16)9-12-5-6-13(14(10-12)17-2)18-8-4-3-7-15/h5-6,10-11H,3-4,8-9,16H2,1-2H3. The van der Waals surface area contributed by atoms with Gasteiger partial charge in [-0.05, 0) is 37.5 Å². The van der Waals surface area contributed by atoms with Gasteiger partial charge in [0.25, 0.3) is 0 Å². The fourth-order valence-electron chi connectivity index (χ4n) is 1.66. The second kappa shape index (κ2) is 7.57. The highest BCUT2D eigenvalue weighted by Crippen LogP contribution is 2.28. The van der Waals surface area contributed by atoms with Crippen molar-refractivity contribution < 1.29 is 9.47 Å². The molecule has 0 aliphatic heterocycles. The van der Waals surface area contributed by atoms with Gasteiger partial charge in [-0.2, -0.15) is 5.26 Å². The summed E-state index contributed by atoms with van der Waals surface area (Å²) in [6, 6.07) is 8.04. The van der Waals surface area contributed by atoms with Gasteiger partial charge in [0.05, 0.1) is 19.8 Å². The molecule has 1 aromatic carbocycles. The van der Waals surface area contributed by atoms with Crippen molar-refractivity contribution >= 4 is 0 Å². The summed E-state index contributed by atoms with van der Waals surface area (Å²) in [6.07, 6.45) is 2.04. The third kappa shape index (κ3) is 4.64. The van der Waals surface area contributed by atoms with Crippen molar-refractivity contribution in [3.05, 3.63) is 23.8 Å². The van der Waals surface area contributed by atoms with Crippen molar-refractivity contribution in [1.82, 2.24) is 0 Å². The average molecular weight is 248 g/mol. The number of rotatable bonds is 7. The van der Waals surface area contributed by atoms with E-state index in [0.29, 0.717) is 24.5 Å². The van der Waals surface area contributed by atoms with E-state index in [2.05, 4.69) is 6.07 Å². The summed E-state index contributed by atoms with van der Waals surface area (Å²) in [5.74, 6) is 1.42. The smallest absolute Gasteiger partial charge is 0.161 e. The summed E-state index contributed by atoms with van der Waals surface area (Å²) in [4.78, 5) is 0. The number of nitrogens with two attached hydrogens (primary N) is 1. The lowest BCUT2D eigenvalue weighted by Crippen LogP contribution is -2.17. The van der Waals surface area contributed by atoms with Gasteiger partial charge in [0.2, 0.25) is 0 Å². The molecular weight excluding hydrogens is 228 g/mol. The molecule has 1 rings (SSSR count). The van der Waals surface area contributed by atoms with E-state index in [0.717, 1.165) is 18.4 Å². The minimum atomic E-state index is 0.122. The molecule has 0 spiro atoms. The Kier molecular flexibility index (Phi) is 6.03. The van der Waals surface area contributed by atoms with Gasteiger partial charge in [-0.3, -0.25) is 0 Å². The normalized spacial score (nSPS) is 11.7. The molecule has 0 radical (unpaired) electrons. The third-order valence-electron chi connectivity index (χ3n) is 2.48. The second-order valence-electron chi connectivity index (χ2n) is 4.28. The van der Waals surface area contributed by atoms with Crippen LogP contribution in [0.25, 0.3) is 0 Å². The van der Waals surface area contributed by atoms with Crippen LogP contribution in [0.1, 0.15) is 25.3 Å². The predicted octanol–water partition coefficient (Wildman–Crippen LogP) is 2.27. The highest BCUT2D eigenvalue weighted by molar-refractivity contribution is 5.43. The molecule has 0 saturated carbocycles. The first-order valence-electron chi connectivity index (χ1n) is 6.09. The summed E-state index contributed by atoms with van der Waals surface area (Å²) in [6.45, 7) is 2.50. The first-order chi connectivity index (χ1) is 8.67. The lowest BCUT2D eigenvalue weighted by Gasteiger charge is -2.12. The number of hydrogen-bond donors (Lipinski definition) is 1. The molecule has 4 nitrogen and oxygen atoms in total. The molecule has 0 aliphatic carbocycles. The molecule has 0 aliphatic rings. The summed E-state index contributed by atoms with van der Waals surface area (Å²) in [7, 11) is 1.62. The zero-order valence-corrected chi connectivity index (χ0v) is 11.0. The van der Waals surface area contributed by atoms with E-state index < -0.39 is 0 Å². The second-order valence-corrected chi connectivity index (χ2v) is 4.28. The van der Waals surface area contributed by atoms with E-state index in [1.54, 1.807) is 7.11 Å². The third-order valence-corrected chi connectivity index (χ3v) is 2.48. The Morgan fingerprint density at radius 3 is 2.78 bits per heavy atom. The van der Waals surface area contributed by atoms with Crippen molar-refractivity contribution in [3.63, 3.8) is 0 Å². The summed E-state index contributed by atoms with van der Waals surface area (Å²) in [5, 5.41) is 8.44. The van der Waals surface area contributed by atoms with Crippen LogP contribution in [0.15, 0.2) is 18.2 Å². The first-order valence-corrected chi connectivity index (χ1v) is 6.09. The summed E-state index contributed by atoms with van der Waals surface area (Å²) >= 11 is 0. The van der Waals surface area contributed by atoms with Crippen LogP contribution < -0.4 is 15.2 Å². The number of nitrogens with zero attached hydrogens (tertiary/aromatic N) is 1. The Labute approximate surface area is 108 Å². The molecule has 0 fully saturated rings. The lowest BCUT2D eigenvalue weighted by atomic mass is 10.1. The van der Waals surface area contributed by atoms with Gasteiger partial charge in [0.15, 0.2) is 11.5 Å². The van der Waals surface area contributed by atoms with Crippen LogP contribution in [0.4, 0.5) is 0 Å². The van der Waals surface area contributed by atoms with E-state index in [-0.39, 0.29) is 6.04 Å². The topological polar surface area (TPSA) is 68.3 Å². The summed E-state index contributed by atoms with van der Waals surface area (Å²) in [5.41, 5.74) is 6.90. The highest BCUT2D eigenvalue weighted by atomic mass is 16.5. The molecule has 0 amide bonds. The van der Waals surface area contributed by atoms with Crippen molar-refractivity contribution in [2.24, 2.45) is 5.73 Å². The van der Waals surface area contributed by atoms with Crippen molar-refractivity contribution in [2.75, 3.05) is 13.7 Å². The Bertz CT molecular complexity index is 411. The quantitative estimate of drug-likeness (QED) is 0.751. The highest BCUT2D eigenvalue weighted by Gasteiger charge is 2.07. The molecule has 0 heterocycles. The van der Waals surface area contributed by atoms with E-state index in [4.69, 9.17) is 20.5 Å². The Balaban J connectivity index is 2.65. The Hall–Kier alpha value is -1.73. The summed E-state index contributed by atoms with van der Waals surface area (Å²) < 4.78 is 10.9. The maximum absolute atomic E-state index is 8.44. The van der Waals surface area contributed by atoms with Crippen LogP contribution in [0.3, 0.4) is 0 Å². The van der Waals surface area contributed by atoms with Gasteiger partial charge in [-0.25, -0.2) is 0 Å². The van der Waals surface area contributed by atoms with Gasteiger partial charge in [-0.1, -0.05) is 6.07 Å². The monoisotopic (exact) mass is 248 g/mol. The number of benzene rings is 1. The molecule has 1 unspecified atom stereocenters. The zero-order chi connectivity index (χ0) is 13.4. The fourth-order valence-corrected chi connectivity index (χ4v) is 1.66. The zero-order valence-electron chi connectivity index (χ0n) is 11.0. The minimum Gasteiger partial charge on any atom is -0.493 e. The van der Waals surface area contributed by atoms with Gasteiger partial charge < -0.3 is 15.2 Å². The number of ether oxygens (including phenoxy) is 2.